The van der Waals surface area contributed by atoms with E-state index in [-0.39, 0.29) is 23.3 Å². The molecular weight excluding hydrogens is 247 g/mol. The number of hydrogen-bond donors (Lipinski definition) is 1. The van der Waals surface area contributed by atoms with E-state index in [1.54, 1.807) is 0 Å². The Balaban J connectivity index is 3.20. The molecule has 0 aromatic heterocycles. The monoisotopic (exact) mass is 260 g/mol. The lowest BCUT2D eigenvalue weighted by Gasteiger charge is -2.08. The third-order valence-corrected chi connectivity index (χ3v) is 3.59. The van der Waals surface area contributed by atoms with E-state index in [0.717, 1.165) is 12.3 Å². The van der Waals surface area contributed by atoms with E-state index in [4.69, 9.17) is 5.11 Å². The fraction of sp³-hybridized carbons (Fsp3) is 0.364. The van der Waals surface area contributed by atoms with Gasteiger partial charge in [-0.2, -0.15) is 0 Å². The molecule has 1 rings (SSSR count). The first-order chi connectivity index (χ1) is 7.71. The van der Waals surface area contributed by atoms with Gasteiger partial charge >= 0.3 is 5.97 Å². The molecule has 0 radical (unpaired) electrons. The number of carboxylic acids is 1. The number of carbonyl (C=O) groups is 1. The molecule has 1 N–H and O–H groups in total. The van der Waals surface area contributed by atoms with Crippen LogP contribution in [0.15, 0.2) is 17.0 Å². The molecule has 94 valence electrons. The van der Waals surface area contributed by atoms with E-state index in [1.807, 2.05) is 0 Å². The predicted octanol–water partition coefficient (Wildman–Crippen LogP) is 1.55. The zero-order chi connectivity index (χ0) is 13.2. The van der Waals surface area contributed by atoms with Gasteiger partial charge in [0.25, 0.3) is 0 Å². The van der Waals surface area contributed by atoms with Crippen LogP contribution in [0.5, 0.6) is 0 Å². The van der Waals surface area contributed by atoms with E-state index in [1.165, 1.54) is 13.0 Å². The number of aliphatic carboxylic acids is 1. The summed E-state index contributed by atoms with van der Waals surface area (Å²) in [5.74, 6) is -1.62. The van der Waals surface area contributed by atoms with Gasteiger partial charge in [-0.25, -0.2) is 12.8 Å². The predicted molar refractivity (Wildman–Crippen MR) is 60.2 cm³/mol. The van der Waals surface area contributed by atoms with E-state index < -0.39 is 21.6 Å². The molecule has 4 nitrogen and oxygen atoms in total. The molecule has 0 spiro atoms. The van der Waals surface area contributed by atoms with Gasteiger partial charge in [0.15, 0.2) is 9.84 Å². The lowest BCUT2D eigenvalue weighted by Crippen LogP contribution is -2.05. The van der Waals surface area contributed by atoms with Gasteiger partial charge in [0, 0.05) is 12.7 Å². The smallest absolute Gasteiger partial charge is 0.303 e. The highest BCUT2D eigenvalue weighted by atomic mass is 32.2. The van der Waals surface area contributed by atoms with Gasteiger partial charge in [-0.1, -0.05) is 0 Å². The normalized spacial score (nSPS) is 11.5. The fourth-order valence-corrected chi connectivity index (χ4v) is 2.53. The summed E-state index contributed by atoms with van der Waals surface area (Å²) < 4.78 is 36.3. The van der Waals surface area contributed by atoms with E-state index >= 15 is 0 Å². The zero-order valence-corrected chi connectivity index (χ0v) is 10.3. The summed E-state index contributed by atoms with van der Waals surface area (Å²) in [5, 5.41) is 8.51. The molecule has 0 aliphatic heterocycles. The summed E-state index contributed by atoms with van der Waals surface area (Å²) in [6.07, 6.45) is 0.779. The van der Waals surface area contributed by atoms with Crippen LogP contribution in [0.25, 0.3) is 0 Å². The third-order valence-electron chi connectivity index (χ3n) is 2.35. The summed E-state index contributed by atoms with van der Waals surface area (Å²) in [7, 11) is -3.43. The summed E-state index contributed by atoms with van der Waals surface area (Å²) in [6, 6.07) is 2.33. The Kier molecular flexibility index (Phi) is 3.87. The lowest BCUT2D eigenvalue weighted by atomic mass is 10.1. The minimum atomic E-state index is -3.43. The minimum absolute atomic E-state index is 0.0238. The maximum atomic E-state index is 13.5. The molecule has 6 heteroatoms. The number of carboxylic acid groups (broad SMARTS) is 1. The van der Waals surface area contributed by atoms with Crippen LogP contribution in [-0.2, 0) is 21.1 Å². The van der Waals surface area contributed by atoms with Crippen molar-refractivity contribution in [3.63, 3.8) is 0 Å². The highest BCUT2D eigenvalue weighted by Crippen LogP contribution is 2.21. The average Bonchev–Trinajstić information content (AvgIpc) is 2.13. The molecule has 0 fully saturated rings. The molecule has 0 aliphatic carbocycles. The summed E-state index contributed by atoms with van der Waals surface area (Å²) >= 11 is 0. The standard InChI is InChI=1S/C11H13FO4S/c1-7-5-9(12)8(3-4-11(13)14)6-10(7)17(2,15)16/h5-6H,3-4H2,1-2H3,(H,13,14). The van der Waals surface area contributed by atoms with E-state index in [0.29, 0.717) is 5.56 Å². The van der Waals surface area contributed by atoms with Crippen LogP contribution in [0.4, 0.5) is 4.39 Å². The second-order valence-corrected chi connectivity index (χ2v) is 5.86. The lowest BCUT2D eigenvalue weighted by molar-refractivity contribution is -0.136. The zero-order valence-electron chi connectivity index (χ0n) is 9.53. The molecule has 0 atom stereocenters. The molecule has 0 saturated carbocycles. The molecule has 0 aliphatic rings. The second kappa shape index (κ2) is 4.83. The molecular formula is C11H13FO4S. The Bertz CT molecular complexity index is 549. The maximum Gasteiger partial charge on any atom is 0.303 e. The topological polar surface area (TPSA) is 71.4 Å². The second-order valence-electron chi connectivity index (χ2n) is 3.88. The first kappa shape index (κ1) is 13.6. The van der Waals surface area contributed by atoms with E-state index in [9.17, 15) is 17.6 Å². The molecule has 1 aromatic rings. The van der Waals surface area contributed by atoms with Crippen molar-refractivity contribution in [2.24, 2.45) is 0 Å². The quantitative estimate of drug-likeness (QED) is 0.834. The Labute approximate surface area is 99.0 Å². The Morgan fingerprint density at radius 2 is 2.00 bits per heavy atom. The number of benzene rings is 1. The maximum absolute atomic E-state index is 13.5. The molecule has 0 heterocycles. The van der Waals surface area contributed by atoms with E-state index in [2.05, 4.69) is 0 Å². The number of hydrogen-bond acceptors (Lipinski definition) is 3. The van der Waals surface area contributed by atoms with Gasteiger partial charge in [-0.3, -0.25) is 4.79 Å². The van der Waals surface area contributed by atoms with Crippen molar-refractivity contribution in [3.8, 4) is 0 Å². The van der Waals surface area contributed by atoms with Crippen molar-refractivity contribution >= 4 is 15.8 Å². The van der Waals surface area contributed by atoms with Crippen LogP contribution in [-0.4, -0.2) is 25.7 Å². The van der Waals surface area contributed by atoms with Gasteiger partial charge < -0.3 is 5.11 Å². The van der Waals surface area contributed by atoms with Crippen LogP contribution in [0.3, 0.4) is 0 Å². The molecule has 0 bridgehead atoms. The van der Waals surface area contributed by atoms with Crippen molar-refractivity contribution in [3.05, 3.63) is 29.1 Å². The Morgan fingerprint density at radius 3 is 2.47 bits per heavy atom. The van der Waals surface area contributed by atoms with Gasteiger partial charge in [0.1, 0.15) is 5.82 Å². The van der Waals surface area contributed by atoms with Crippen LogP contribution in [0.2, 0.25) is 0 Å². The molecule has 0 saturated heterocycles. The highest BCUT2D eigenvalue weighted by Gasteiger charge is 2.15. The largest absolute Gasteiger partial charge is 0.481 e. The van der Waals surface area contributed by atoms with Gasteiger partial charge in [-0.15, -0.1) is 0 Å². The molecule has 0 amide bonds. The first-order valence-corrected chi connectivity index (χ1v) is 6.82. The highest BCUT2D eigenvalue weighted by molar-refractivity contribution is 7.90. The number of halogens is 1. The summed E-state index contributed by atoms with van der Waals surface area (Å²) in [6.45, 7) is 1.50. The van der Waals surface area contributed by atoms with Crippen molar-refractivity contribution in [1.82, 2.24) is 0 Å². The van der Waals surface area contributed by atoms with Crippen molar-refractivity contribution < 1.29 is 22.7 Å². The van der Waals surface area contributed by atoms with Crippen LogP contribution >= 0.6 is 0 Å². The molecule has 17 heavy (non-hydrogen) atoms. The van der Waals surface area contributed by atoms with Crippen molar-refractivity contribution in [2.75, 3.05) is 6.26 Å². The third kappa shape index (κ3) is 3.52. The Morgan fingerprint density at radius 1 is 1.41 bits per heavy atom. The minimum Gasteiger partial charge on any atom is -0.481 e. The number of aryl methyl sites for hydroxylation is 2. The summed E-state index contributed by atoms with van der Waals surface area (Å²) in [5.41, 5.74) is 0.433. The fourth-order valence-electron chi connectivity index (χ4n) is 1.53. The molecule has 0 unspecified atom stereocenters. The van der Waals surface area contributed by atoms with Gasteiger partial charge in [0.05, 0.1) is 4.90 Å². The SMILES string of the molecule is Cc1cc(F)c(CCC(=O)O)cc1S(C)(=O)=O. The van der Waals surface area contributed by atoms with Gasteiger partial charge in [-0.05, 0) is 36.6 Å². The molecule has 1 aromatic carbocycles. The average molecular weight is 260 g/mol. The first-order valence-electron chi connectivity index (χ1n) is 4.92. The van der Waals surface area contributed by atoms with Crippen molar-refractivity contribution in [1.29, 1.82) is 0 Å². The number of rotatable bonds is 4. The van der Waals surface area contributed by atoms with Crippen molar-refractivity contribution in [2.45, 2.75) is 24.7 Å². The summed E-state index contributed by atoms with van der Waals surface area (Å²) in [4.78, 5) is 10.4. The van der Waals surface area contributed by atoms with Gasteiger partial charge in [0.2, 0.25) is 0 Å². The van der Waals surface area contributed by atoms with Crippen LogP contribution < -0.4 is 0 Å². The number of sulfone groups is 1. The van der Waals surface area contributed by atoms with Crippen LogP contribution in [0.1, 0.15) is 17.5 Å². The van der Waals surface area contributed by atoms with Crippen LogP contribution in [0, 0.1) is 12.7 Å². The Hall–Kier alpha value is -1.43.